The molecular formula is C12H12BrF2N3O. The average molecular weight is 332 g/mol. The van der Waals surface area contributed by atoms with E-state index < -0.39 is 17.7 Å². The molecule has 1 unspecified atom stereocenters. The van der Waals surface area contributed by atoms with E-state index in [1.54, 1.807) is 11.1 Å². The highest BCUT2D eigenvalue weighted by Crippen LogP contribution is 2.41. The van der Waals surface area contributed by atoms with Crippen molar-refractivity contribution in [3.05, 3.63) is 28.5 Å². The van der Waals surface area contributed by atoms with Crippen LogP contribution in [0.25, 0.3) is 0 Å². The van der Waals surface area contributed by atoms with E-state index in [1.165, 1.54) is 17.4 Å². The topological polar surface area (TPSA) is 36.4 Å². The second-order valence-corrected chi connectivity index (χ2v) is 5.75. The van der Waals surface area contributed by atoms with Gasteiger partial charge in [-0.15, -0.1) is 0 Å². The molecule has 3 heterocycles. The molecule has 1 atom stereocenters. The third-order valence-corrected chi connectivity index (χ3v) is 4.20. The van der Waals surface area contributed by atoms with Crippen molar-refractivity contribution in [2.75, 3.05) is 19.6 Å². The third-order valence-electron chi connectivity index (χ3n) is 3.77. The SMILES string of the molecule is O=C1N2CCCN2CC1(c1cncc(Br)c1)C(F)F. The molecule has 0 spiro atoms. The lowest BCUT2D eigenvalue weighted by Gasteiger charge is -2.26. The lowest BCUT2D eigenvalue weighted by Crippen LogP contribution is -2.45. The first-order chi connectivity index (χ1) is 9.05. The van der Waals surface area contributed by atoms with Crippen molar-refractivity contribution in [3.8, 4) is 0 Å². The second kappa shape index (κ2) is 4.49. The fraction of sp³-hybridized carbons (Fsp3) is 0.500. The van der Waals surface area contributed by atoms with Crippen LogP contribution in [0.15, 0.2) is 22.9 Å². The molecule has 2 aliphatic heterocycles. The minimum Gasteiger partial charge on any atom is -0.274 e. The van der Waals surface area contributed by atoms with Crippen LogP contribution in [0.3, 0.4) is 0 Å². The van der Waals surface area contributed by atoms with Crippen LogP contribution in [-0.2, 0) is 10.2 Å². The Bertz CT molecular complexity index is 527. The van der Waals surface area contributed by atoms with Crippen LogP contribution in [-0.4, -0.2) is 47.0 Å². The maximum atomic E-state index is 13.7. The Morgan fingerprint density at radius 3 is 2.79 bits per heavy atom. The Morgan fingerprint density at radius 1 is 1.37 bits per heavy atom. The summed E-state index contributed by atoms with van der Waals surface area (Å²) in [4.78, 5) is 16.3. The van der Waals surface area contributed by atoms with Gasteiger partial charge in [0, 0.05) is 36.5 Å². The van der Waals surface area contributed by atoms with Gasteiger partial charge in [0.25, 0.3) is 12.3 Å². The molecule has 1 aromatic rings. The number of nitrogens with zero attached hydrogens (tertiary/aromatic N) is 3. The van der Waals surface area contributed by atoms with Crippen molar-refractivity contribution < 1.29 is 13.6 Å². The number of amides is 1. The first-order valence-corrected chi connectivity index (χ1v) is 6.81. The average Bonchev–Trinajstić information content (AvgIpc) is 2.91. The standard InChI is InChI=1S/C12H12BrF2N3O/c13-9-4-8(5-16-6-9)12(10(14)15)7-17-2-1-3-18(17)11(12)19/h4-6,10H,1-3,7H2. The van der Waals surface area contributed by atoms with Crippen molar-refractivity contribution in [1.82, 2.24) is 15.0 Å². The van der Waals surface area contributed by atoms with Gasteiger partial charge in [-0.25, -0.2) is 13.8 Å². The summed E-state index contributed by atoms with van der Waals surface area (Å²) in [5.74, 6) is -0.514. The molecule has 0 saturated carbocycles. The number of hydrogen-bond acceptors (Lipinski definition) is 3. The Labute approximate surface area is 117 Å². The maximum Gasteiger partial charge on any atom is 0.258 e. The zero-order valence-corrected chi connectivity index (χ0v) is 11.6. The summed E-state index contributed by atoms with van der Waals surface area (Å²) in [5.41, 5.74) is -1.51. The number of halogens is 3. The first kappa shape index (κ1) is 12.9. The molecule has 102 valence electrons. The van der Waals surface area contributed by atoms with E-state index in [1.807, 2.05) is 0 Å². The first-order valence-electron chi connectivity index (χ1n) is 6.02. The second-order valence-electron chi connectivity index (χ2n) is 4.83. The molecule has 0 aromatic carbocycles. The van der Waals surface area contributed by atoms with Crippen molar-refractivity contribution in [2.45, 2.75) is 18.3 Å². The number of fused-ring (bicyclic) bond motifs is 1. The van der Waals surface area contributed by atoms with Crippen LogP contribution in [0.1, 0.15) is 12.0 Å². The number of pyridine rings is 1. The van der Waals surface area contributed by atoms with Gasteiger partial charge in [-0.05, 0) is 34.0 Å². The number of alkyl halides is 2. The molecule has 0 radical (unpaired) electrons. The van der Waals surface area contributed by atoms with Gasteiger partial charge in [0.1, 0.15) is 0 Å². The Kier molecular flexibility index (Phi) is 3.05. The fourth-order valence-electron chi connectivity index (χ4n) is 2.80. The summed E-state index contributed by atoms with van der Waals surface area (Å²) in [5, 5.41) is 3.17. The van der Waals surface area contributed by atoms with Crippen LogP contribution in [0.4, 0.5) is 8.78 Å². The van der Waals surface area contributed by atoms with E-state index in [0.29, 0.717) is 17.6 Å². The summed E-state index contributed by atoms with van der Waals surface area (Å²) in [6.45, 7) is 1.21. The summed E-state index contributed by atoms with van der Waals surface area (Å²) >= 11 is 3.22. The summed E-state index contributed by atoms with van der Waals surface area (Å²) < 4.78 is 27.9. The molecule has 1 aromatic heterocycles. The Hall–Kier alpha value is -1.08. The number of carbonyl (C=O) groups excluding carboxylic acids is 1. The van der Waals surface area contributed by atoms with Gasteiger partial charge < -0.3 is 0 Å². The highest BCUT2D eigenvalue weighted by molar-refractivity contribution is 9.10. The molecule has 7 heteroatoms. The molecule has 3 rings (SSSR count). The molecule has 2 fully saturated rings. The monoisotopic (exact) mass is 331 g/mol. The predicted octanol–water partition coefficient (Wildman–Crippen LogP) is 1.81. The van der Waals surface area contributed by atoms with Gasteiger partial charge in [0.2, 0.25) is 0 Å². The highest BCUT2D eigenvalue weighted by atomic mass is 79.9. The summed E-state index contributed by atoms with van der Waals surface area (Å²) in [6, 6.07) is 1.56. The molecular weight excluding hydrogens is 320 g/mol. The van der Waals surface area contributed by atoms with Crippen molar-refractivity contribution in [1.29, 1.82) is 0 Å². The minimum absolute atomic E-state index is 0.0294. The van der Waals surface area contributed by atoms with Crippen molar-refractivity contribution in [3.63, 3.8) is 0 Å². The van der Waals surface area contributed by atoms with Gasteiger partial charge >= 0.3 is 0 Å². The quantitative estimate of drug-likeness (QED) is 0.829. The van der Waals surface area contributed by atoms with Gasteiger partial charge in [0.05, 0.1) is 0 Å². The molecule has 0 N–H and O–H groups in total. The van der Waals surface area contributed by atoms with Crippen molar-refractivity contribution in [2.24, 2.45) is 0 Å². The van der Waals surface area contributed by atoms with Crippen LogP contribution in [0.5, 0.6) is 0 Å². The minimum atomic E-state index is -2.75. The molecule has 0 aliphatic carbocycles. The van der Waals surface area contributed by atoms with E-state index in [2.05, 4.69) is 20.9 Å². The molecule has 2 aliphatic rings. The van der Waals surface area contributed by atoms with E-state index in [9.17, 15) is 13.6 Å². The lowest BCUT2D eigenvalue weighted by molar-refractivity contribution is -0.141. The molecule has 19 heavy (non-hydrogen) atoms. The van der Waals surface area contributed by atoms with Crippen LogP contribution < -0.4 is 0 Å². The largest absolute Gasteiger partial charge is 0.274 e. The molecule has 1 amide bonds. The highest BCUT2D eigenvalue weighted by Gasteiger charge is 2.59. The maximum absolute atomic E-state index is 13.7. The van der Waals surface area contributed by atoms with Gasteiger partial charge in [-0.3, -0.25) is 14.8 Å². The third kappa shape index (κ3) is 1.79. The smallest absolute Gasteiger partial charge is 0.258 e. The summed E-state index contributed by atoms with van der Waals surface area (Å²) in [6.07, 6.45) is 0.963. The van der Waals surface area contributed by atoms with Gasteiger partial charge in [-0.2, -0.15) is 0 Å². The van der Waals surface area contributed by atoms with Crippen LogP contribution in [0, 0.1) is 0 Å². The van der Waals surface area contributed by atoms with Crippen LogP contribution >= 0.6 is 15.9 Å². The van der Waals surface area contributed by atoms with E-state index in [4.69, 9.17) is 0 Å². The number of hydrazine groups is 1. The molecule has 2 saturated heterocycles. The normalized spacial score (nSPS) is 27.4. The van der Waals surface area contributed by atoms with E-state index >= 15 is 0 Å². The zero-order chi connectivity index (χ0) is 13.6. The lowest BCUT2D eigenvalue weighted by atomic mass is 9.81. The summed E-state index contributed by atoms with van der Waals surface area (Å²) in [7, 11) is 0. The Morgan fingerprint density at radius 2 is 2.16 bits per heavy atom. The van der Waals surface area contributed by atoms with Gasteiger partial charge in [0.15, 0.2) is 5.41 Å². The molecule has 4 nitrogen and oxygen atoms in total. The number of carbonyl (C=O) groups is 1. The van der Waals surface area contributed by atoms with Gasteiger partial charge in [-0.1, -0.05) is 0 Å². The number of rotatable bonds is 2. The van der Waals surface area contributed by atoms with Crippen molar-refractivity contribution >= 4 is 21.8 Å². The predicted molar refractivity (Wildman–Crippen MR) is 67.5 cm³/mol. The Balaban J connectivity index is 2.09. The number of hydrogen-bond donors (Lipinski definition) is 0. The number of aromatic nitrogens is 1. The molecule has 0 bridgehead atoms. The van der Waals surface area contributed by atoms with E-state index in [0.717, 1.165) is 6.42 Å². The fourth-order valence-corrected chi connectivity index (χ4v) is 3.17. The zero-order valence-electron chi connectivity index (χ0n) is 10.0. The van der Waals surface area contributed by atoms with Crippen LogP contribution in [0.2, 0.25) is 0 Å². The van der Waals surface area contributed by atoms with E-state index in [-0.39, 0.29) is 12.1 Å².